The first-order valence-corrected chi connectivity index (χ1v) is 11.8. The highest BCUT2D eigenvalue weighted by molar-refractivity contribution is 6.05. The quantitative estimate of drug-likeness (QED) is 0.358. The minimum Gasteiger partial charge on any atom is -0.349 e. The second-order valence-electron chi connectivity index (χ2n) is 9.06. The Bertz CT molecular complexity index is 1310. The smallest absolute Gasteiger partial charge is 0.255 e. The van der Waals surface area contributed by atoms with E-state index in [1.54, 1.807) is 12.1 Å². The van der Waals surface area contributed by atoms with E-state index in [4.69, 9.17) is 0 Å². The number of aromatic nitrogens is 2. The summed E-state index contributed by atoms with van der Waals surface area (Å²) in [5, 5.41) is 6.13. The Balaban J connectivity index is 1.29. The number of rotatable bonds is 5. The summed E-state index contributed by atoms with van der Waals surface area (Å²) in [6.45, 7) is 2.22. The highest BCUT2D eigenvalue weighted by atomic mass is 16.2. The number of carbonyl (C=O) groups is 2. The molecule has 172 valence electrons. The fourth-order valence-electron chi connectivity index (χ4n) is 4.58. The summed E-state index contributed by atoms with van der Waals surface area (Å²) in [5.74, 6) is 1.06. The van der Waals surface area contributed by atoms with Crippen LogP contribution in [0.3, 0.4) is 0 Å². The molecule has 2 unspecified atom stereocenters. The molecule has 0 aliphatic heterocycles. The molecule has 2 amide bonds. The van der Waals surface area contributed by atoms with Gasteiger partial charge < -0.3 is 15.6 Å². The van der Waals surface area contributed by atoms with E-state index in [1.807, 2.05) is 60.7 Å². The van der Waals surface area contributed by atoms with Gasteiger partial charge in [-0.25, -0.2) is 4.98 Å². The zero-order valence-electron chi connectivity index (χ0n) is 19.2. The van der Waals surface area contributed by atoms with Gasteiger partial charge in [-0.1, -0.05) is 50.1 Å². The third-order valence-corrected chi connectivity index (χ3v) is 6.62. The minimum absolute atomic E-state index is 0.0197. The van der Waals surface area contributed by atoms with E-state index in [1.165, 1.54) is 19.3 Å². The number of nitrogens with zero attached hydrogens (tertiary/aromatic N) is 1. The average molecular weight is 453 g/mol. The maximum absolute atomic E-state index is 12.7. The molecule has 3 N–H and O–H groups in total. The lowest BCUT2D eigenvalue weighted by Crippen LogP contribution is -2.41. The Kier molecular flexibility index (Phi) is 6.12. The van der Waals surface area contributed by atoms with Crippen molar-refractivity contribution in [3.63, 3.8) is 0 Å². The molecule has 6 nitrogen and oxygen atoms in total. The predicted molar refractivity (Wildman–Crippen MR) is 135 cm³/mol. The van der Waals surface area contributed by atoms with Gasteiger partial charge in [0.1, 0.15) is 5.82 Å². The number of benzene rings is 3. The van der Waals surface area contributed by atoms with Crippen molar-refractivity contribution in [2.24, 2.45) is 5.92 Å². The van der Waals surface area contributed by atoms with Crippen molar-refractivity contribution in [3.8, 4) is 11.4 Å². The number of fused-ring (bicyclic) bond motifs is 1. The van der Waals surface area contributed by atoms with Crippen molar-refractivity contribution >= 4 is 28.5 Å². The summed E-state index contributed by atoms with van der Waals surface area (Å²) in [6, 6.07) is 22.5. The van der Waals surface area contributed by atoms with Gasteiger partial charge in [0.25, 0.3) is 11.8 Å². The molecule has 1 aliphatic rings. The van der Waals surface area contributed by atoms with Gasteiger partial charge in [0.2, 0.25) is 0 Å². The van der Waals surface area contributed by atoms with Crippen LogP contribution in [0.15, 0.2) is 72.8 Å². The number of hydrogen-bond acceptors (Lipinski definition) is 3. The Morgan fingerprint density at radius 3 is 2.38 bits per heavy atom. The summed E-state index contributed by atoms with van der Waals surface area (Å²) in [4.78, 5) is 33.1. The number of nitrogens with one attached hydrogen (secondary N) is 3. The number of H-pyrrole nitrogens is 1. The molecule has 1 saturated carbocycles. The largest absolute Gasteiger partial charge is 0.349 e. The van der Waals surface area contributed by atoms with Crippen molar-refractivity contribution in [1.29, 1.82) is 0 Å². The fourth-order valence-corrected chi connectivity index (χ4v) is 4.58. The van der Waals surface area contributed by atoms with Crippen LogP contribution in [0.4, 0.5) is 5.69 Å². The Morgan fingerprint density at radius 1 is 0.882 bits per heavy atom. The van der Waals surface area contributed by atoms with Crippen molar-refractivity contribution in [2.75, 3.05) is 5.32 Å². The fraction of sp³-hybridized carbons (Fsp3) is 0.250. The van der Waals surface area contributed by atoms with E-state index < -0.39 is 0 Å². The van der Waals surface area contributed by atoms with E-state index in [9.17, 15) is 9.59 Å². The van der Waals surface area contributed by atoms with Gasteiger partial charge >= 0.3 is 0 Å². The van der Waals surface area contributed by atoms with Gasteiger partial charge in [-0.2, -0.15) is 0 Å². The lowest BCUT2D eigenvalue weighted by Gasteiger charge is -2.29. The standard InChI is InChI=1S/C28H28N4O2/c1-18-7-5-6-10-23(18)32-28(34)21-13-11-19(12-14-21)26-30-24-16-15-22(17-25(24)31-26)29-27(33)20-8-3-2-4-9-20/h2-4,8-9,11-18,23H,5-7,10H2,1H3,(H,29,33)(H,30,31)(H,32,34). The molecule has 1 aliphatic carbocycles. The SMILES string of the molecule is CC1CCCCC1NC(=O)c1ccc(-c2nc3ccc(NC(=O)c4ccccc4)cc3[nH]2)cc1. The summed E-state index contributed by atoms with van der Waals surface area (Å²) >= 11 is 0. The molecule has 34 heavy (non-hydrogen) atoms. The summed E-state index contributed by atoms with van der Waals surface area (Å²) in [5.41, 5.74) is 4.49. The van der Waals surface area contributed by atoms with Crippen LogP contribution in [0.25, 0.3) is 22.4 Å². The first kappa shape index (κ1) is 21.9. The molecular formula is C28H28N4O2. The van der Waals surface area contributed by atoms with Crippen molar-refractivity contribution < 1.29 is 9.59 Å². The number of carbonyl (C=O) groups excluding carboxylic acids is 2. The van der Waals surface area contributed by atoms with Gasteiger partial charge in [-0.3, -0.25) is 9.59 Å². The van der Waals surface area contributed by atoms with Crippen molar-refractivity contribution in [3.05, 3.63) is 83.9 Å². The molecular weight excluding hydrogens is 424 g/mol. The zero-order chi connectivity index (χ0) is 23.5. The van der Waals surface area contributed by atoms with Gasteiger partial charge in [-0.05, 0) is 61.2 Å². The van der Waals surface area contributed by atoms with E-state index in [0.717, 1.165) is 28.8 Å². The van der Waals surface area contributed by atoms with Gasteiger partial charge in [0.15, 0.2) is 0 Å². The molecule has 0 saturated heterocycles. The van der Waals surface area contributed by atoms with Crippen LogP contribution in [0.1, 0.15) is 53.3 Å². The van der Waals surface area contributed by atoms with Crippen LogP contribution in [0, 0.1) is 5.92 Å². The molecule has 2 atom stereocenters. The number of amides is 2. The third-order valence-electron chi connectivity index (χ3n) is 6.62. The van der Waals surface area contributed by atoms with Crippen LogP contribution in [0.5, 0.6) is 0 Å². The number of hydrogen-bond donors (Lipinski definition) is 3. The van der Waals surface area contributed by atoms with Crippen LogP contribution in [-0.2, 0) is 0 Å². The molecule has 1 heterocycles. The number of imidazole rings is 1. The van der Waals surface area contributed by atoms with Crippen LogP contribution < -0.4 is 10.6 Å². The Labute approximate surface area is 198 Å². The first-order chi connectivity index (χ1) is 16.6. The Hall–Kier alpha value is -3.93. The lowest BCUT2D eigenvalue weighted by molar-refractivity contribution is 0.0909. The first-order valence-electron chi connectivity index (χ1n) is 11.8. The zero-order valence-corrected chi connectivity index (χ0v) is 19.2. The highest BCUT2D eigenvalue weighted by Crippen LogP contribution is 2.25. The average Bonchev–Trinajstić information content (AvgIpc) is 3.29. The van der Waals surface area contributed by atoms with Gasteiger partial charge in [0, 0.05) is 28.4 Å². The number of aromatic amines is 1. The lowest BCUT2D eigenvalue weighted by atomic mass is 9.86. The molecule has 1 fully saturated rings. The second-order valence-corrected chi connectivity index (χ2v) is 9.06. The van der Waals surface area contributed by atoms with E-state index in [2.05, 4.69) is 27.5 Å². The Morgan fingerprint density at radius 2 is 1.62 bits per heavy atom. The molecule has 0 bridgehead atoms. The molecule has 1 aromatic heterocycles. The molecule has 6 heteroatoms. The summed E-state index contributed by atoms with van der Waals surface area (Å²) in [7, 11) is 0. The molecule has 4 aromatic rings. The number of anilines is 1. The van der Waals surface area contributed by atoms with Crippen LogP contribution in [0.2, 0.25) is 0 Å². The van der Waals surface area contributed by atoms with E-state index in [-0.39, 0.29) is 17.9 Å². The maximum Gasteiger partial charge on any atom is 0.255 e. The van der Waals surface area contributed by atoms with Crippen LogP contribution >= 0.6 is 0 Å². The highest BCUT2D eigenvalue weighted by Gasteiger charge is 2.23. The summed E-state index contributed by atoms with van der Waals surface area (Å²) in [6.07, 6.45) is 4.66. The normalized spacial score (nSPS) is 17.9. The molecule has 0 radical (unpaired) electrons. The van der Waals surface area contributed by atoms with Crippen molar-refractivity contribution in [1.82, 2.24) is 15.3 Å². The van der Waals surface area contributed by atoms with Gasteiger partial charge in [-0.15, -0.1) is 0 Å². The van der Waals surface area contributed by atoms with Gasteiger partial charge in [0.05, 0.1) is 11.0 Å². The van der Waals surface area contributed by atoms with Crippen LogP contribution in [-0.4, -0.2) is 27.8 Å². The third kappa shape index (κ3) is 4.71. The molecule has 0 spiro atoms. The minimum atomic E-state index is -0.156. The molecule has 5 rings (SSSR count). The summed E-state index contributed by atoms with van der Waals surface area (Å²) < 4.78 is 0. The second kappa shape index (κ2) is 9.51. The van der Waals surface area contributed by atoms with Crippen molar-refractivity contribution in [2.45, 2.75) is 38.6 Å². The predicted octanol–water partition coefficient (Wildman–Crippen LogP) is 5.79. The van der Waals surface area contributed by atoms with E-state index >= 15 is 0 Å². The van der Waals surface area contributed by atoms with E-state index in [0.29, 0.717) is 22.7 Å². The maximum atomic E-state index is 12.7. The monoisotopic (exact) mass is 452 g/mol. The molecule has 3 aromatic carbocycles. The topological polar surface area (TPSA) is 86.9 Å².